The lowest BCUT2D eigenvalue weighted by Crippen LogP contribution is -2.51. The predicted octanol–water partition coefficient (Wildman–Crippen LogP) is 4.75. The van der Waals surface area contributed by atoms with Gasteiger partial charge >= 0.3 is 12.2 Å². The van der Waals surface area contributed by atoms with Crippen molar-refractivity contribution in [1.82, 2.24) is 4.31 Å². The fourth-order valence-electron chi connectivity index (χ4n) is 3.92. The summed E-state index contributed by atoms with van der Waals surface area (Å²) in [7, 11) is -4.56. The van der Waals surface area contributed by atoms with Gasteiger partial charge in [0.15, 0.2) is 11.5 Å². The van der Waals surface area contributed by atoms with Crippen molar-refractivity contribution in [3.8, 4) is 11.5 Å². The minimum absolute atomic E-state index is 0.00682. The Morgan fingerprint density at radius 2 is 1.55 bits per heavy atom. The normalized spacial score (nSPS) is 14.7. The predicted molar refractivity (Wildman–Crippen MR) is 145 cm³/mol. The molecule has 0 aromatic heterocycles. The highest BCUT2D eigenvalue weighted by molar-refractivity contribution is 7.89. The van der Waals surface area contributed by atoms with Gasteiger partial charge in [-0.1, -0.05) is 23.8 Å². The van der Waals surface area contributed by atoms with Crippen LogP contribution in [0.15, 0.2) is 47.4 Å². The molecular formula is C28H37NO10S. The molecule has 0 radical (unpaired) electrons. The van der Waals surface area contributed by atoms with Crippen LogP contribution in [-0.4, -0.2) is 67.3 Å². The zero-order valence-corrected chi connectivity index (χ0v) is 24.6. The minimum Gasteiger partial charge on any atom is -0.454 e. The molecule has 1 N–H and O–H groups in total. The van der Waals surface area contributed by atoms with Crippen molar-refractivity contribution < 1.29 is 46.8 Å². The molecule has 220 valence electrons. The van der Waals surface area contributed by atoms with Gasteiger partial charge in [0.05, 0.1) is 17.5 Å². The number of sulfonamides is 1. The standard InChI is InChI=1S/C28H37NO10S/c1-18-8-11-20(12-9-18)40(33,34)29(25(31)38-27(2,3)4)22(15-30)21(16-35-26(32)39-28(5,6)7)19-10-13-23-24(14-19)37-17-36-23/h8-14,21-22,30H,15-17H2,1-7H3/t21-,22+/m1/s1. The van der Waals surface area contributed by atoms with Crippen LogP contribution in [0.3, 0.4) is 0 Å². The molecule has 11 nitrogen and oxygen atoms in total. The molecule has 1 aliphatic rings. The number of rotatable bonds is 8. The highest BCUT2D eigenvalue weighted by Crippen LogP contribution is 2.37. The molecule has 2 atom stereocenters. The fourth-order valence-corrected chi connectivity index (χ4v) is 5.43. The average Bonchev–Trinajstić information content (AvgIpc) is 3.29. The first-order valence-electron chi connectivity index (χ1n) is 12.7. The van der Waals surface area contributed by atoms with Gasteiger partial charge in [-0.25, -0.2) is 18.0 Å². The summed E-state index contributed by atoms with van der Waals surface area (Å²) in [6, 6.07) is 9.27. The Morgan fingerprint density at radius 1 is 0.950 bits per heavy atom. The molecular weight excluding hydrogens is 542 g/mol. The lowest BCUT2D eigenvalue weighted by atomic mass is 9.92. The number of amides is 1. The molecule has 0 fully saturated rings. The van der Waals surface area contributed by atoms with Gasteiger partial charge in [0.25, 0.3) is 10.0 Å². The SMILES string of the molecule is Cc1ccc(S(=O)(=O)N(C(=O)OC(C)(C)C)[C@@H](CO)[C@H](COC(=O)OC(C)(C)C)c2ccc3c(c2)OCO3)cc1. The molecule has 0 unspecified atom stereocenters. The second-order valence-corrected chi connectivity index (χ2v) is 13.2. The number of carbonyl (C=O) groups excluding carboxylic acids is 2. The lowest BCUT2D eigenvalue weighted by molar-refractivity contribution is -0.0145. The molecule has 1 amide bonds. The van der Waals surface area contributed by atoms with E-state index in [1.165, 1.54) is 12.1 Å². The van der Waals surface area contributed by atoms with Gasteiger partial charge in [-0.15, -0.1) is 0 Å². The molecule has 0 saturated carbocycles. The van der Waals surface area contributed by atoms with E-state index >= 15 is 0 Å². The Balaban J connectivity index is 2.12. The summed E-state index contributed by atoms with van der Waals surface area (Å²) in [5, 5.41) is 10.6. The Labute approximate surface area is 235 Å². The number of aliphatic hydroxyl groups excluding tert-OH is 1. The van der Waals surface area contributed by atoms with E-state index in [0.717, 1.165) is 5.56 Å². The molecule has 1 heterocycles. The lowest BCUT2D eigenvalue weighted by Gasteiger charge is -2.36. The van der Waals surface area contributed by atoms with Crippen molar-refractivity contribution in [1.29, 1.82) is 0 Å². The first-order chi connectivity index (χ1) is 18.5. The summed E-state index contributed by atoms with van der Waals surface area (Å²) >= 11 is 0. The van der Waals surface area contributed by atoms with Crippen molar-refractivity contribution >= 4 is 22.3 Å². The van der Waals surface area contributed by atoms with Crippen LogP contribution in [-0.2, 0) is 24.2 Å². The summed E-state index contributed by atoms with van der Waals surface area (Å²) in [5.41, 5.74) is -0.677. The highest BCUT2D eigenvalue weighted by atomic mass is 32.2. The molecule has 0 spiro atoms. The number of nitrogens with zero attached hydrogens (tertiary/aromatic N) is 1. The number of hydrogen-bond donors (Lipinski definition) is 1. The number of carbonyl (C=O) groups is 2. The zero-order chi connectivity index (χ0) is 29.9. The van der Waals surface area contributed by atoms with E-state index in [4.69, 9.17) is 23.7 Å². The summed E-state index contributed by atoms with van der Waals surface area (Å²) < 4.78 is 55.4. The second-order valence-electron chi connectivity index (χ2n) is 11.3. The van der Waals surface area contributed by atoms with Crippen LogP contribution in [0, 0.1) is 6.92 Å². The maximum Gasteiger partial charge on any atom is 0.508 e. The van der Waals surface area contributed by atoms with Crippen LogP contribution in [0.25, 0.3) is 0 Å². The zero-order valence-electron chi connectivity index (χ0n) is 23.8. The maximum atomic E-state index is 14.0. The first kappa shape index (κ1) is 31.0. The van der Waals surface area contributed by atoms with Crippen LogP contribution in [0.1, 0.15) is 58.6 Å². The fraction of sp³-hybridized carbons (Fsp3) is 0.500. The summed E-state index contributed by atoms with van der Waals surface area (Å²) in [6.45, 7) is 10.3. The van der Waals surface area contributed by atoms with Crippen molar-refractivity contribution in [3.63, 3.8) is 0 Å². The maximum absolute atomic E-state index is 14.0. The number of fused-ring (bicyclic) bond motifs is 1. The van der Waals surface area contributed by atoms with Crippen molar-refractivity contribution in [2.75, 3.05) is 20.0 Å². The number of ether oxygens (including phenoxy) is 5. The van der Waals surface area contributed by atoms with Gasteiger partial charge in [-0.2, -0.15) is 4.31 Å². The van der Waals surface area contributed by atoms with Crippen LogP contribution < -0.4 is 9.47 Å². The van der Waals surface area contributed by atoms with Crippen LogP contribution >= 0.6 is 0 Å². The minimum atomic E-state index is -4.56. The van der Waals surface area contributed by atoms with Gasteiger partial charge in [-0.3, -0.25) is 0 Å². The number of aryl methyl sites for hydroxylation is 1. The molecule has 3 rings (SSSR count). The van der Waals surface area contributed by atoms with Crippen molar-refractivity contribution in [3.05, 3.63) is 53.6 Å². The third-order valence-corrected chi connectivity index (χ3v) is 7.50. The number of hydrogen-bond acceptors (Lipinski definition) is 10. The van der Waals surface area contributed by atoms with Crippen molar-refractivity contribution in [2.45, 2.75) is 76.5 Å². The van der Waals surface area contributed by atoms with E-state index in [1.807, 2.05) is 0 Å². The van der Waals surface area contributed by atoms with Gasteiger partial charge in [0, 0.05) is 5.92 Å². The molecule has 2 aromatic rings. The van der Waals surface area contributed by atoms with Gasteiger partial charge in [-0.05, 0) is 78.3 Å². The van der Waals surface area contributed by atoms with Crippen LogP contribution in [0.5, 0.6) is 11.5 Å². The topological polar surface area (TPSA) is 138 Å². The van der Waals surface area contributed by atoms with Crippen molar-refractivity contribution in [2.24, 2.45) is 0 Å². The monoisotopic (exact) mass is 579 g/mol. The Morgan fingerprint density at radius 3 is 2.12 bits per heavy atom. The van der Waals surface area contributed by atoms with E-state index in [0.29, 0.717) is 21.4 Å². The summed E-state index contributed by atoms with van der Waals surface area (Å²) in [4.78, 5) is 25.8. The van der Waals surface area contributed by atoms with Gasteiger partial charge in [0.1, 0.15) is 17.8 Å². The number of aliphatic hydroxyl groups is 1. The van der Waals surface area contributed by atoms with Crippen LogP contribution in [0.2, 0.25) is 0 Å². The quantitative estimate of drug-likeness (QED) is 0.436. The van der Waals surface area contributed by atoms with Crippen LogP contribution in [0.4, 0.5) is 9.59 Å². The van der Waals surface area contributed by atoms with E-state index in [1.54, 1.807) is 78.8 Å². The molecule has 0 bridgehead atoms. The van der Waals surface area contributed by atoms with E-state index in [-0.39, 0.29) is 11.7 Å². The van der Waals surface area contributed by atoms with E-state index < -0.39 is 58.6 Å². The summed E-state index contributed by atoms with van der Waals surface area (Å²) in [5.74, 6) is -0.214. The largest absolute Gasteiger partial charge is 0.508 e. The van der Waals surface area contributed by atoms with E-state index in [2.05, 4.69) is 0 Å². The average molecular weight is 580 g/mol. The molecule has 0 aliphatic carbocycles. The molecule has 40 heavy (non-hydrogen) atoms. The van der Waals surface area contributed by atoms with Gasteiger partial charge in [0.2, 0.25) is 6.79 Å². The Bertz CT molecular complexity index is 1310. The third kappa shape index (κ3) is 7.79. The molecule has 2 aromatic carbocycles. The second kappa shape index (κ2) is 11.9. The van der Waals surface area contributed by atoms with Gasteiger partial charge < -0.3 is 28.8 Å². The number of benzene rings is 2. The first-order valence-corrected chi connectivity index (χ1v) is 14.2. The Kier molecular flexibility index (Phi) is 9.25. The highest BCUT2D eigenvalue weighted by Gasteiger charge is 2.43. The van der Waals surface area contributed by atoms with E-state index in [9.17, 15) is 23.1 Å². The molecule has 0 saturated heterocycles. The summed E-state index contributed by atoms with van der Waals surface area (Å²) in [6.07, 6.45) is -2.20. The molecule has 12 heteroatoms. The smallest absolute Gasteiger partial charge is 0.454 e. The molecule has 1 aliphatic heterocycles. The Hall–Kier alpha value is -3.51. The third-order valence-electron chi connectivity index (χ3n) is 5.70.